The Balaban J connectivity index is 1.58. The second-order valence-corrected chi connectivity index (χ2v) is 21.4. The molecule has 0 spiro atoms. The fourth-order valence-corrected chi connectivity index (χ4v) is 9.61. The summed E-state index contributed by atoms with van der Waals surface area (Å²) in [7, 11) is 0. The summed E-state index contributed by atoms with van der Waals surface area (Å²) in [6.07, 6.45) is 4.26. The van der Waals surface area contributed by atoms with Crippen molar-refractivity contribution >= 4 is 18.2 Å². The zero-order valence-corrected chi connectivity index (χ0v) is 37.1. The van der Waals surface area contributed by atoms with Crippen LogP contribution in [0.5, 0.6) is 11.5 Å². The number of carbonyl (C=O) groups excluding carboxylic acids is 3. The number of nitrogens with one attached hydrogen (secondary N) is 3. The second-order valence-electron chi connectivity index (χ2n) is 21.4. The van der Waals surface area contributed by atoms with Crippen molar-refractivity contribution in [1.29, 1.82) is 0 Å². The Bertz CT molecular complexity index is 1790. The minimum Gasteiger partial charge on any atom is -0.446 e. The number of benzene rings is 2. The lowest BCUT2D eigenvalue weighted by atomic mass is 9.62. The zero-order chi connectivity index (χ0) is 42.2. The van der Waals surface area contributed by atoms with E-state index in [-0.39, 0.29) is 44.9 Å². The van der Waals surface area contributed by atoms with E-state index in [0.717, 1.165) is 59.1 Å². The van der Waals surface area contributed by atoms with Crippen molar-refractivity contribution in [1.82, 2.24) is 16.0 Å². The average Bonchev–Trinajstić information content (AvgIpc) is 2.98. The quantitative estimate of drug-likeness (QED) is 0.132. The summed E-state index contributed by atoms with van der Waals surface area (Å²) < 4.78 is 18.3. The molecule has 2 aromatic carbocycles. The van der Waals surface area contributed by atoms with Crippen LogP contribution in [0, 0.1) is 24.7 Å². The molecule has 310 valence electrons. The van der Waals surface area contributed by atoms with Crippen LogP contribution in [0.2, 0.25) is 0 Å². The van der Waals surface area contributed by atoms with Gasteiger partial charge in [0, 0.05) is 71.3 Å². The van der Waals surface area contributed by atoms with Crippen LogP contribution >= 0.6 is 0 Å². The van der Waals surface area contributed by atoms with Gasteiger partial charge in [-0.25, -0.2) is 14.4 Å². The van der Waals surface area contributed by atoms with Crippen LogP contribution in [-0.2, 0) is 26.8 Å². The summed E-state index contributed by atoms with van der Waals surface area (Å²) in [6, 6.07) is 8.05. The number of rotatable bonds is 9. The van der Waals surface area contributed by atoms with Crippen LogP contribution in [-0.4, -0.2) is 47.9 Å². The van der Waals surface area contributed by atoms with Crippen molar-refractivity contribution in [3.8, 4) is 11.5 Å². The highest BCUT2D eigenvalue weighted by atomic mass is 16.6. The lowest BCUT2D eigenvalue weighted by Crippen LogP contribution is -2.60. The topological polar surface area (TPSA) is 115 Å². The molecule has 9 heteroatoms. The van der Waals surface area contributed by atoms with Crippen molar-refractivity contribution in [3.05, 3.63) is 70.3 Å². The molecule has 2 atom stereocenters. The van der Waals surface area contributed by atoms with Gasteiger partial charge in [0.15, 0.2) is 0 Å². The first-order valence-corrected chi connectivity index (χ1v) is 20.3. The van der Waals surface area contributed by atoms with E-state index in [1.165, 1.54) is 6.08 Å². The number of hydrogen-bond acceptors (Lipinski definition) is 7. The Labute approximate surface area is 337 Å². The third kappa shape index (κ3) is 12.1. The fourth-order valence-electron chi connectivity index (χ4n) is 9.61. The van der Waals surface area contributed by atoms with E-state index in [4.69, 9.17) is 14.2 Å². The Hall–Kier alpha value is -3.85. The molecule has 1 heterocycles. The largest absolute Gasteiger partial charge is 0.446 e. The van der Waals surface area contributed by atoms with Gasteiger partial charge in [0.25, 0.3) is 0 Å². The number of ether oxygens (including phenoxy) is 3. The van der Waals surface area contributed by atoms with E-state index >= 15 is 0 Å². The Morgan fingerprint density at radius 1 is 0.768 bits per heavy atom. The third-order valence-corrected chi connectivity index (χ3v) is 11.0. The molecule has 2 amide bonds. The maximum absolute atomic E-state index is 14.0. The SMILES string of the molecule is C=CC(=O)Oc1c(Cc2cc(C)cc(C(C)(C)C)c2OC(=O)NC2CC(C)(C)CC(C)(CNC(=O)OC3CC(C)(C)NC(C)(C)C3)C2)cc(C)cc1C(C)(C)C. The molecule has 0 bridgehead atoms. The Morgan fingerprint density at radius 2 is 1.27 bits per heavy atom. The summed E-state index contributed by atoms with van der Waals surface area (Å²) in [5.41, 5.74) is 4.25. The van der Waals surface area contributed by atoms with Gasteiger partial charge in [0.2, 0.25) is 0 Å². The minimum absolute atomic E-state index is 0.0968. The predicted octanol–water partition coefficient (Wildman–Crippen LogP) is 10.3. The first-order valence-electron chi connectivity index (χ1n) is 20.3. The highest BCUT2D eigenvalue weighted by molar-refractivity contribution is 5.84. The van der Waals surface area contributed by atoms with Crippen LogP contribution in [0.15, 0.2) is 36.9 Å². The summed E-state index contributed by atoms with van der Waals surface area (Å²) in [4.78, 5) is 39.8. The summed E-state index contributed by atoms with van der Waals surface area (Å²) >= 11 is 0. The summed E-state index contributed by atoms with van der Waals surface area (Å²) in [6.45, 7) is 35.9. The number of carbonyl (C=O) groups is 3. The van der Waals surface area contributed by atoms with Crippen LogP contribution in [0.1, 0.15) is 155 Å². The number of piperidine rings is 1. The lowest BCUT2D eigenvalue weighted by Gasteiger charge is -2.47. The molecule has 0 radical (unpaired) electrons. The van der Waals surface area contributed by atoms with Gasteiger partial charge in [0.05, 0.1) is 0 Å². The van der Waals surface area contributed by atoms with Crippen LogP contribution in [0.4, 0.5) is 9.59 Å². The van der Waals surface area contributed by atoms with Crippen LogP contribution in [0.25, 0.3) is 0 Å². The van der Waals surface area contributed by atoms with Gasteiger partial charge < -0.3 is 30.2 Å². The fraction of sp³-hybridized carbons (Fsp3) is 0.638. The number of aryl methyl sites for hydroxylation is 2. The number of alkyl carbamates (subject to hydrolysis) is 1. The Morgan fingerprint density at radius 3 is 1.75 bits per heavy atom. The molecular weight excluding hydrogens is 703 g/mol. The highest BCUT2D eigenvalue weighted by Crippen LogP contribution is 2.46. The average molecular weight is 774 g/mol. The minimum atomic E-state index is -0.527. The molecule has 2 unspecified atom stereocenters. The van der Waals surface area contributed by atoms with Crippen molar-refractivity contribution < 1.29 is 28.6 Å². The molecule has 56 heavy (non-hydrogen) atoms. The van der Waals surface area contributed by atoms with Gasteiger partial charge in [-0.2, -0.15) is 0 Å². The number of amides is 2. The van der Waals surface area contributed by atoms with E-state index in [9.17, 15) is 14.4 Å². The van der Waals surface area contributed by atoms with E-state index in [1.54, 1.807) is 0 Å². The molecule has 2 fully saturated rings. The van der Waals surface area contributed by atoms with Crippen molar-refractivity contribution in [2.45, 2.75) is 176 Å². The Kier molecular flexibility index (Phi) is 13.0. The molecule has 1 saturated carbocycles. The molecule has 0 aromatic heterocycles. The summed E-state index contributed by atoms with van der Waals surface area (Å²) in [5.74, 6) is 0.485. The molecule has 1 aliphatic carbocycles. The molecule has 1 saturated heterocycles. The van der Waals surface area contributed by atoms with Crippen molar-refractivity contribution in [2.75, 3.05) is 6.54 Å². The van der Waals surface area contributed by atoms with Gasteiger partial charge in [0.1, 0.15) is 17.6 Å². The van der Waals surface area contributed by atoms with E-state index < -0.39 is 18.2 Å². The van der Waals surface area contributed by atoms with Gasteiger partial charge in [-0.1, -0.05) is 104 Å². The van der Waals surface area contributed by atoms with E-state index in [2.05, 4.69) is 125 Å². The number of hydrogen-bond donors (Lipinski definition) is 3. The van der Waals surface area contributed by atoms with E-state index in [0.29, 0.717) is 30.9 Å². The smallest absolute Gasteiger partial charge is 0.412 e. The van der Waals surface area contributed by atoms with Crippen molar-refractivity contribution in [2.24, 2.45) is 10.8 Å². The van der Waals surface area contributed by atoms with Crippen LogP contribution in [0.3, 0.4) is 0 Å². The van der Waals surface area contributed by atoms with Crippen molar-refractivity contribution in [3.63, 3.8) is 0 Å². The predicted molar refractivity (Wildman–Crippen MR) is 226 cm³/mol. The molecular formula is C47H71N3O6. The monoisotopic (exact) mass is 774 g/mol. The number of esters is 1. The molecule has 2 aliphatic rings. The zero-order valence-electron chi connectivity index (χ0n) is 37.1. The molecule has 2 aromatic rings. The standard InChI is InChI=1S/C47H71N3O6/c1-17-37(51)55-38-31(18-29(2)20-35(38)42(4,5)6)22-32-19-30(3)21-36(43(7,8)9)39(32)56-41(53)49-33-23-44(10,11)27-47(16,24-33)28-48-40(52)54-34-25-45(12,13)50-46(14,15)26-34/h17-21,33-34,50H,1,22-28H2,2-16H3,(H,48,52)(H,49,53). The van der Waals surface area contributed by atoms with Gasteiger partial charge in [-0.05, 0) is 82.5 Å². The lowest BCUT2D eigenvalue weighted by molar-refractivity contribution is -0.129. The molecule has 1 aliphatic heterocycles. The third-order valence-electron chi connectivity index (χ3n) is 11.0. The van der Waals surface area contributed by atoms with E-state index in [1.807, 2.05) is 26.0 Å². The second kappa shape index (κ2) is 16.2. The van der Waals surface area contributed by atoms with Crippen LogP contribution < -0.4 is 25.4 Å². The summed E-state index contributed by atoms with van der Waals surface area (Å²) in [5, 5.41) is 9.95. The highest BCUT2D eigenvalue weighted by Gasteiger charge is 2.43. The first-order chi connectivity index (χ1) is 25.5. The van der Waals surface area contributed by atoms with Gasteiger partial charge in [-0.15, -0.1) is 0 Å². The molecule has 9 nitrogen and oxygen atoms in total. The maximum atomic E-state index is 14.0. The maximum Gasteiger partial charge on any atom is 0.412 e. The normalized spacial score (nSPS) is 22.1. The van der Waals surface area contributed by atoms with Gasteiger partial charge >= 0.3 is 18.2 Å². The first kappa shape index (κ1) is 44.9. The van der Waals surface area contributed by atoms with Gasteiger partial charge in [-0.3, -0.25) is 0 Å². The molecule has 3 N–H and O–H groups in total. The molecule has 4 rings (SSSR count).